The number of aliphatic imine (C=N–C) groups is 1. The number of nitrogens with one attached hydrogen (secondary N) is 2. The molecule has 2 aromatic rings. The average Bonchev–Trinajstić information content (AvgIpc) is 2.86. The Hall–Kier alpha value is -2.03. The van der Waals surface area contributed by atoms with Gasteiger partial charge in [-0.3, -0.25) is 9.67 Å². The summed E-state index contributed by atoms with van der Waals surface area (Å²) in [7, 11) is 3.72. The van der Waals surface area contributed by atoms with Gasteiger partial charge in [-0.1, -0.05) is 30.9 Å². The van der Waals surface area contributed by atoms with Gasteiger partial charge in [0, 0.05) is 44.0 Å². The summed E-state index contributed by atoms with van der Waals surface area (Å²) in [5.74, 6) is 1.59. The van der Waals surface area contributed by atoms with E-state index >= 15 is 0 Å². The first-order valence-electron chi connectivity index (χ1n) is 8.32. The first kappa shape index (κ1) is 22.0. The van der Waals surface area contributed by atoms with Crippen LogP contribution in [0.2, 0.25) is 0 Å². The van der Waals surface area contributed by atoms with Crippen LogP contribution < -0.4 is 15.4 Å². The molecule has 2 N–H and O–H groups in total. The van der Waals surface area contributed by atoms with Crippen LogP contribution in [0.3, 0.4) is 0 Å². The highest BCUT2D eigenvalue weighted by atomic mass is 127. The molecule has 0 bridgehead atoms. The maximum Gasteiger partial charge on any atom is 0.191 e. The molecule has 0 aliphatic carbocycles. The van der Waals surface area contributed by atoms with E-state index in [-0.39, 0.29) is 24.0 Å². The van der Waals surface area contributed by atoms with Crippen molar-refractivity contribution >= 4 is 29.9 Å². The van der Waals surface area contributed by atoms with Gasteiger partial charge in [-0.2, -0.15) is 5.10 Å². The van der Waals surface area contributed by atoms with Crippen LogP contribution in [0.4, 0.5) is 0 Å². The van der Waals surface area contributed by atoms with Crippen molar-refractivity contribution in [1.82, 2.24) is 20.4 Å². The van der Waals surface area contributed by atoms with Crippen molar-refractivity contribution in [2.45, 2.75) is 26.9 Å². The Morgan fingerprint density at radius 1 is 1.27 bits per heavy atom. The van der Waals surface area contributed by atoms with Crippen molar-refractivity contribution in [1.29, 1.82) is 0 Å². The summed E-state index contributed by atoms with van der Waals surface area (Å²) >= 11 is 0. The number of nitrogens with zero attached hydrogens (tertiary/aromatic N) is 3. The topological polar surface area (TPSA) is 63.5 Å². The van der Waals surface area contributed by atoms with Gasteiger partial charge in [0.2, 0.25) is 0 Å². The van der Waals surface area contributed by atoms with Crippen LogP contribution >= 0.6 is 24.0 Å². The van der Waals surface area contributed by atoms with E-state index in [9.17, 15) is 0 Å². The number of halogens is 1. The number of hydrogen-bond donors (Lipinski definition) is 2. The highest BCUT2D eigenvalue weighted by Crippen LogP contribution is 2.17. The Morgan fingerprint density at radius 2 is 1.96 bits per heavy atom. The quantitative estimate of drug-likeness (QED) is 0.283. The fourth-order valence-electron chi connectivity index (χ4n) is 2.58. The number of rotatable bonds is 7. The molecular weight excluding hydrogens is 441 g/mol. The second-order valence-corrected chi connectivity index (χ2v) is 5.76. The van der Waals surface area contributed by atoms with E-state index in [0.717, 1.165) is 28.7 Å². The number of para-hydroxylation sites is 1. The van der Waals surface area contributed by atoms with Gasteiger partial charge in [0.25, 0.3) is 0 Å². The summed E-state index contributed by atoms with van der Waals surface area (Å²) in [4.78, 5) is 4.29. The zero-order valence-corrected chi connectivity index (χ0v) is 18.2. The standard InChI is InChI=1S/C19H27N5O.HI/c1-6-11-25-18-10-8-7-9-16(18)12-21-19(20-4)22-13-17-14(2)23-24(5)15(17)3;/h6-10H,1,11-13H2,2-5H3,(H2,20,21,22);1H. The molecule has 1 aromatic carbocycles. The smallest absolute Gasteiger partial charge is 0.191 e. The van der Waals surface area contributed by atoms with Crippen LogP contribution in [0.1, 0.15) is 22.5 Å². The Kier molecular flexibility index (Phi) is 9.18. The van der Waals surface area contributed by atoms with Crippen molar-refractivity contribution in [2.75, 3.05) is 13.7 Å². The minimum Gasteiger partial charge on any atom is -0.489 e. The highest BCUT2D eigenvalue weighted by Gasteiger charge is 2.10. The van der Waals surface area contributed by atoms with Crippen molar-refractivity contribution in [3.8, 4) is 5.75 Å². The SMILES string of the molecule is C=CCOc1ccccc1CNC(=NC)NCc1c(C)nn(C)c1C.I. The highest BCUT2D eigenvalue weighted by molar-refractivity contribution is 14.0. The van der Waals surface area contributed by atoms with E-state index in [2.05, 4.69) is 34.2 Å². The zero-order valence-electron chi connectivity index (χ0n) is 15.9. The lowest BCUT2D eigenvalue weighted by Crippen LogP contribution is -2.36. The molecule has 0 unspecified atom stereocenters. The number of aryl methyl sites for hydroxylation is 2. The molecule has 2 rings (SSSR count). The van der Waals surface area contributed by atoms with Gasteiger partial charge in [0.1, 0.15) is 12.4 Å². The van der Waals surface area contributed by atoms with Crippen molar-refractivity contribution in [3.05, 3.63) is 59.4 Å². The number of ether oxygens (including phenoxy) is 1. The largest absolute Gasteiger partial charge is 0.489 e. The molecule has 26 heavy (non-hydrogen) atoms. The molecule has 0 atom stereocenters. The lowest BCUT2D eigenvalue weighted by atomic mass is 10.2. The number of hydrogen-bond acceptors (Lipinski definition) is 3. The predicted octanol–water partition coefficient (Wildman–Crippen LogP) is 3.08. The van der Waals surface area contributed by atoms with E-state index in [1.807, 2.05) is 42.9 Å². The van der Waals surface area contributed by atoms with E-state index in [4.69, 9.17) is 4.74 Å². The lowest BCUT2D eigenvalue weighted by molar-refractivity contribution is 0.358. The second-order valence-electron chi connectivity index (χ2n) is 5.76. The Balaban J connectivity index is 0.00000338. The average molecular weight is 469 g/mol. The number of guanidine groups is 1. The molecule has 0 saturated carbocycles. The summed E-state index contributed by atoms with van der Waals surface area (Å²) in [6.45, 7) is 9.57. The zero-order chi connectivity index (χ0) is 18.2. The van der Waals surface area contributed by atoms with Crippen LogP contribution in [0.15, 0.2) is 41.9 Å². The third kappa shape index (κ3) is 5.76. The van der Waals surface area contributed by atoms with Gasteiger partial charge >= 0.3 is 0 Å². The first-order valence-corrected chi connectivity index (χ1v) is 8.32. The van der Waals surface area contributed by atoms with Crippen molar-refractivity contribution in [3.63, 3.8) is 0 Å². The monoisotopic (exact) mass is 469 g/mol. The molecule has 7 heteroatoms. The third-order valence-corrected chi connectivity index (χ3v) is 4.09. The molecular formula is C19H28IN5O. The van der Waals surface area contributed by atoms with E-state index in [0.29, 0.717) is 19.7 Å². The van der Waals surface area contributed by atoms with Gasteiger partial charge < -0.3 is 15.4 Å². The minimum atomic E-state index is 0. The molecule has 0 aliphatic heterocycles. The van der Waals surface area contributed by atoms with Gasteiger partial charge in [-0.05, 0) is 19.9 Å². The molecule has 142 valence electrons. The maximum absolute atomic E-state index is 5.69. The Morgan fingerprint density at radius 3 is 2.58 bits per heavy atom. The van der Waals surface area contributed by atoms with E-state index in [1.54, 1.807) is 13.1 Å². The fourth-order valence-corrected chi connectivity index (χ4v) is 2.58. The van der Waals surface area contributed by atoms with Gasteiger partial charge in [0.05, 0.1) is 5.69 Å². The Bertz CT molecular complexity index is 754. The van der Waals surface area contributed by atoms with Crippen molar-refractivity contribution < 1.29 is 4.74 Å². The predicted molar refractivity (Wildman–Crippen MR) is 117 cm³/mol. The molecule has 0 fully saturated rings. The minimum absolute atomic E-state index is 0. The molecule has 1 heterocycles. The van der Waals surface area contributed by atoms with E-state index in [1.165, 1.54) is 5.56 Å². The molecule has 0 spiro atoms. The van der Waals surface area contributed by atoms with E-state index < -0.39 is 0 Å². The summed E-state index contributed by atoms with van der Waals surface area (Å²) in [5.41, 5.74) is 4.45. The van der Waals surface area contributed by atoms with Crippen LogP contribution in [0.25, 0.3) is 0 Å². The number of benzene rings is 1. The summed E-state index contributed by atoms with van der Waals surface area (Å²) in [6, 6.07) is 7.95. The van der Waals surface area contributed by atoms with Crippen molar-refractivity contribution in [2.24, 2.45) is 12.0 Å². The summed E-state index contributed by atoms with van der Waals surface area (Å²) < 4.78 is 7.58. The summed E-state index contributed by atoms with van der Waals surface area (Å²) in [5, 5.41) is 11.1. The second kappa shape index (κ2) is 10.8. The van der Waals surface area contributed by atoms with Crippen LogP contribution in [0.5, 0.6) is 5.75 Å². The fraction of sp³-hybridized carbons (Fsp3) is 0.368. The van der Waals surface area contributed by atoms with Gasteiger partial charge in [-0.25, -0.2) is 0 Å². The lowest BCUT2D eigenvalue weighted by Gasteiger charge is -2.14. The molecule has 0 aliphatic rings. The molecule has 0 amide bonds. The normalized spacial score (nSPS) is 10.8. The Labute approximate surface area is 172 Å². The van der Waals surface area contributed by atoms with Crippen LogP contribution in [-0.4, -0.2) is 29.4 Å². The van der Waals surface area contributed by atoms with Crippen LogP contribution in [-0.2, 0) is 20.1 Å². The number of aromatic nitrogens is 2. The maximum atomic E-state index is 5.69. The molecule has 6 nitrogen and oxygen atoms in total. The first-order chi connectivity index (χ1) is 12.1. The molecule has 1 aromatic heterocycles. The van der Waals surface area contributed by atoms with Gasteiger partial charge in [-0.15, -0.1) is 24.0 Å². The summed E-state index contributed by atoms with van der Waals surface area (Å²) in [6.07, 6.45) is 1.74. The third-order valence-electron chi connectivity index (χ3n) is 4.09. The van der Waals surface area contributed by atoms with Gasteiger partial charge in [0.15, 0.2) is 5.96 Å². The molecule has 0 saturated heterocycles. The van der Waals surface area contributed by atoms with Crippen LogP contribution in [0, 0.1) is 13.8 Å². The molecule has 0 radical (unpaired) electrons.